The van der Waals surface area contributed by atoms with Crippen molar-refractivity contribution >= 4 is 23.2 Å². The lowest BCUT2D eigenvalue weighted by Gasteiger charge is -2.24. The second-order valence-corrected chi connectivity index (χ2v) is 7.39. The highest BCUT2D eigenvalue weighted by Gasteiger charge is 2.35. The summed E-state index contributed by atoms with van der Waals surface area (Å²) in [7, 11) is 0. The number of aryl methyl sites for hydroxylation is 1. The number of anilines is 2. The van der Waals surface area contributed by atoms with Crippen LogP contribution in [-0.2, 0) is 16.1 Å². The molecule has 0 aliphatic carbocycles. The average molecular weight is 397 g/mol. The Morgan fingerprint density at radius 3 is 2.48 bits per heavy atom. The number of halogens is 1. The lowest BCUT2D eigenvalue weighted by molar-refractivity contribution is -0.126. The minimum absolute atomic E-state index is 0.0365. The fraction of sp³-hybridized carbons (Fsp3) is 0.391. The van der Waals surface area contributed by atoms with E-state index in [1.165, 1.54) is 12.1 Å². The van der Waals surface area contributed by atoms with E-state index in [9.17, 15) is 14.0 Å². The van der Waals surface area contributed by atoms with E-state index in [2.05, 4.69) is 30.1 Å². The molecule has 2 aromatic carbocycles. The lowest BCUT2D eigenvalue weighted by Crippen LogP contribution is -2.32. The standard InChI is InChI=1S/C23H28FN3O2/c1-4-26(5-2)20-10-11-21(16(3)12-20)27-15-18(13-22(27)28)23(29)25-14-17-6-8-19(24)9-7-17/h6-12,18H,4-5,13-15H2,1-3H3,(H,25,29). The van der Waals surface area contributed by atoms with Crippen LogP contribution < -0.4 is 15.1 Å². The quantitative estimate of drug-likeness (QED) is 0.776. The number of nitrogens with one attached hydrogen (secondary N) is 1. The molecule has 1 fully saturated rings. The van der Waals surface area contributed by atoms with Gasteiger partial charge in [0.25, 0.3) is 0 Å². The van der Waals surface area contributed by atoms with Crippen LogP contribution in [-0.4, -0.2) is 31.4 Å². The molecule has 1 heterocycles. The van der Waals surface area contributed by atoms with E-state index < -0.39 is 0 Å². The van der Waals surface area contributed by atoms with Gasteiger partial charge in [0.2, 0.25) is 11.8 Å². The number of carbonyl (C=O) groups is 2. The maximum absolute atomic E-state index is 13.0. The second-order valence-electron chi connectivity index (χ2n) is 7.39. The van der Waals surface area contributed by atoms with Gasteiger partial charge in [-0.15, -0.1) is 0 Å². The van der Waals surface area contributed by atoms with Crippen LogP contribution in [0.4, 0.5) is 15.8 Å². The molecule has 0 radical (unpaired) electrons. The number of nitrogens with zero attached hydrogens (tertiary/aromatic N) is 2. The molecule has 6 heteroatoms. The third-order valence-corrected chi connectivity index (χ3v) is 5.48. The van der Waals surface area contributed by atoms with Gasteiger partial charge in [0.05, 0.1) is 5.92 Å². The molecule has 1 N–H and O–H groups in total. The molecule has 0 bridgehead atoms. The zero-order valence-electron chi connectivity index (χ0n) is 17.2. The maximum Gasteiger partial charge on any atom is 0.227 e. The Bertz CT molecular complexity index is 878. The highest BCUT2D eigenvalue weighted by molar-refractivity contribution is 6.01. The first kappa shape index (κ1) is 20.8. The molecule has 1 atom stereocenters. The highest BCUT2D eigenvalue weighted by atomic mass is 19.1. The second kappa shape index (κ2) is 9.07. The van der Waals surface area contributed by atoms with Gasteiger partial charge in [-0.3, -0.25) is 9.59 Å². The monoisotopic (exact) mass is 397 g/mol. The van der Waals surface area contributed by atoms with Crippen molar-refractivity contribution < 1.29 is 14.0 Å². The molecule has 1 saturated heterocycles. The molecule has 1 aliphatic heterocycles. The van der Waals surface area contributed by atoms with Crippen LogP contribution in [0.15, 0.2) is 42.5 Å². The number of hydrogen-bond donors (Lipinski definition) is 1. The molecule has 0 spiro atoms. The molecular formula is C23H28FN3O2. The van der Waals surface area contributed by atoms with Gasteiger partial charge in [-0.1, -0.05) is 12.1 Å². The fourth-order valence-corrected chi connectivity index (χ4v) is 3.78. The van der Waals surface area contributed by atoms with Crippen LogP contribution in [0.5, 0.6) is 0 Å². The Morgan fingerprint density at radius 2 is 1.86 bits per heavy atom. The number of benzene rings is 2. The molecule has 2 amide bonds. The molecule has 3 rings (SSSR count). The van der Waals surface area contributed by atoms with Crippen molar-refractivity contribution in [2.24, 2.45) is 5.92 Å². The summed E-state index contributed by atoms with van der Waals surface area (Å²) in [5, 5.41) is 2.86. The van der Waals surface area contributed by atoms with E-state index in [-0.39, 0.29) is 30.0 Å². The van der Waals surface area contributed by atoms with Crippen molar-refractivity contribution in [2.75, 3.05) is 29.4 Å². The summed E-state index contributed by atoms with van der Waals surface area (Å²) in [6.07, 6.45) is 0.201. The van der Waals surface area contributed by atoms with Gasteiger partial charge < -0.3 is 15.1 Å². The fourth-order valence-electron chi connectivity index (χ4n) is 3.78. The highest BCUT2D eigenvalue weighted by Crippen LogP contribution is 2.30. The molecule has 2 aromatic rings. The predicted molar refractivity (Wildman–Crippen MR) is 113 cm³/mol. The minimum Gasteiger partial charge on any atom is -0.372 e. The zero-order valence-corrected chi connectivity index (χ0v) is 17.2. The molecule has 0 aromatic heterocycles. The van der Waals surface area contributed by atoms with Crippen LogP contribution in [0.3, 0.4) is 0 Å². The van der Waals surface area contributed by atoms with Gasteiger partial charge >= 0.3 is 0 Å². The molecule has 29 heavy (non-hydrogen) atoms. The van der Waals surface area contributed by atoms with E-state index in [4.69, 9.17) is 0 Å². The van der Waals surface area contributed by atoms with Crippen molar-refractivity contribution in [2.45, 2.75) is 33.7 Å². The lowest BCUT2D eigenvalue weighted by atomic mass is 10.1. The van der Waals surface area contributed by atoms with Gasteiger partial charge in [-0.2, -0.15) is 0 Å². The maximum atomic E-state index is 13.0. The van der Waals surface area contributed by atoms with Crippen molar-refractivity contribution in [3.05, 3.63) is 59.4 Å². The van der Waals surface area contributed by atoms with Crippen LogP contribution >= 0.6 is 0 Å². The molecule has 154 valence electrons. The molecule has 0 saturated carbocycles. The first-order valence-corrected chi connectivity index (χ1v) is 10.1. The van der Waals surface area contributed by atoms with Crippen molar-refractivity contribution in [1.29, 1.82) is 0 Å². The first-order valence-electron chi connectivity index (χ1n) is 10.1. The summed E-state index contributed by atoms with van der Waals surface area (Å²) in [5.41, 5.74) is 3.84. The summed E-state index contributed by atoms with van der Waals surface area (Å²) in [4.78, 5) is 29.1. The van der Waals surface area contributed by atoms with Crippen LogP contribution in [0.25, 0.3) is 0 Å². The van der Waals surface area contributed by atoms with Crippen LogP contribution in [0.1, 0.15) is 31.4 Å². The SMILES string of the molecule is CCN(CC)c1ccc(N2CC(C(=O)NCc3ccc(F)cc3)CC2=O)c(C)c1. The van der Waals surface area contributed by atoms with E-state index in [0.29, 0.717) is 13.1 Å². The van der Waals surface area contributed by atoms with Gasteiger partial charge in [-0.25, -0.2) is 4.39 Å². The Balaban J connectivity index is 1.65. The smallest absolute Gasteiger partial charge is 0.227 e. The first-order chi connectivity index (χ1) is 13.9. The zero-order chi connectivity index (χ0) is 21.0. The van der Waals surface area contributed by atoms with Gasteiger partial charge in [0.15, 0.2) is 0 Å². The third-order valence-electron chi connectivity index (χ3n) is 5.48. The van der Waals surface area contributed by atoms with E-state index in [1.54, 1.807) is 17.0 Å². The molecule has 5 nitrogen and oxygen atoms in total. The topological polar surface area (TPSA) is 52.6 Å². The van der Waals surface area contributed by atoms with Crippen LogP contribution in [0.2, 0.25) is 0 Å². The Hall–Kier alpha value is -2.89. The largest absolute Gasteiger partial charge is 0.372 e. The van der Waals surface area contributed by atoms with E-state index >= 15 is 0 Å². The van der Waals surface area contributed by atoms with Crippen molar-refractivity contribution in [1.82, 2.24) is 5.32 Å². The van der Waals surface area contributed by atoms with E-state index in [1.807, 2.05) is 19.1 Å². The number of rotatable bonds is 7. The van der Waals surface area contributed by atoms with Crippen molar-refractivity contribution in [3.8, 4) is 0 Å². The summed E-state index contributed by atoms with van der Waals surface area (Å²) in [6.45, 7) is 8.78. The van der Waals surface area contributed by atoms with Gasteiger partial charge in [0.1, 0.15) is 5.82 Å². The summed E-state index contributed by atoms with van der Waals surface area (Å²) in [6, 6.07) is 12.1. The summed E-state index contributed by atoms with van der Waals surface area (Å²) < 4.78 is 13.0. The van der Waals surface area contributed by atoms with Gasteiger partial charge in [0, 0.05) is 44.0 Å². The molecular weight excluding hydrogens is 369 g/mol. The Morgan fingerprint density at radius 1 is 1.17 bits per heavy atom. The minimum atomic E-state index is -0.384. The normalized spacial score (nSPS) is 16.2. The number of hydrogen-bond acceptors (Lipinski definition) is 3. The molecule has 1 unspecified atom stereocenters. The molecule has 1 aliphatic rings. The Labute approximate surface area is 171 Å². The average Bonchev–Trinajstić information content (AvgIpc) is 3.10. The van der Waals surface area contributed by atoms with Crippen molar-refractivity contribution in [3.63, 3.8) is 0 Å². The van der Waals surface area contributed by atoms with E-state index in [0.717, 1.165) is 35.6 Å². The number of carbonyl (C=O) groups excluding carboxylic acids is 2. The summed E-state index contributed by atoms with van der Waals surface area (Å²) in [5.74, 6) is -0.877. The third kappa shape index (κ3) is 4.75. The summed E-state index contributed by atoms with van der Waals surface area (Å²) >= 11 is 0. The van der Waals surface area contributed by atoms with Gasteiger partial charge in [-0.05, 0) is 62.2 Å². The number of amides is 2. The predicted octanol–water partition coefficient (Wildman–Crippen LogP) is 3.65. The Kier molecular flexibility index (Phi) is 6.52. The van der Waals surface area contributed by atoms with Crippen LogP contribution in [0, 0.1) is 18.7 Å².